The number of morpholine rings is 1. The van der Waals surface area contributed by atoms with Crippen molar-refractivity contribution in [3.8, 4) is 0 Å². The van der Waals surface area contributed by atoms with Crippen molar-refractivity contribution in [2.75, 3.05) is 31.2 Å². The van der Waals surface area contributed by atoms with E-state index in [1.807, 2.05) is 24.3 Å². The van der Waals surface area contributed by atoms with Crippen LogP contribution in [0.5, 0.6) is 0 Å². The van der Waals surface area contributed by atoms with Crippen LogP contribution in [0.15, 0.2) is 42.5 Å². The van der Waals surface area contributed by atoms with Crippen LogP contribution in [0, 0.1) is 0 Å². The SMILES string of the molecule is O=C1Cc2ccc(Cl)cc2/C1=C/c1ccc(N2CCOCC2)cc1. The predicted octanol–water partition coefficient (Wildman–Crippen LogP) is 3.84. The van der Waals surface area contributed by atoms with Crippen molar-refractivity contribution in [3.63, 3.8) is 0 Å². The molecule has 1 heterocycles. The number of anilines is 1. The molecule has 4 rings (SSSR count). The van der Waals surface area contributed by atoms with E-state index in [9.17, 15) is 4.79 Å². The molecule has 2 aromatic rings. The highest BCUT2D eigenvalue weighted by atomic mass is 35.5. The number of Topliss-reactive ketones (excluding diaryl/α,β-unsaturated/α-hetero) is 1. The molecule has 0 N–H and O–H groups in total. The summed E-state index contributed by atoms with van der Waals surface area (Å²) in [6, 6.07) is 14.0. The maximum Gasteiger partial charge on any atom is 0.167 e. The number of ether oxygens (including phenoxy) is 1. The number of carbonyl (C=O) groups is 1. The van der Waals surface area contributed by atoms with Gasteiger partial charge in [-0.15, -0.1) is 0 Å². The van der Waals surface area contributed by atoms with Gasteiger partial charge in [0.25, 0.3) is 0 Å². The summed E-state index contributed by atoms with van der Waals surface area (Å²) in [5.41, 5.74) is 5.00. The van der Waals surface area contributed by atoms with E-state index >= 15 is 0 Å². The Hall–Kier alpha value is -2.10. The monoisotopic (exact) mass is 339 g/mol. The van der Waals surface area contributed by atoms with Gasteiger partial charge in [0, 0.05) is 35.8 Å². The van der Waals surface area contributed by atoms with E-state index in [1.165, 1.54) is 5.69 Å². The summed E-state index contributed by atoms with van der Waals surface area (Å²) < 4.78 is 5.39. The number of rotatable bonds is 2. The number of hydrogen-bond donors (Lipinski definition) is 0. The predicted molar refractivity (Wildman–Crippen MR) is 97.5 cm³/mol. The van der Waals surface area contributed by atoms with E-state index in [4.69, 9.17) is 16.3 Å². The van der Waals surface area contributed by atoms with E-state index in [2.05, 4.69) is 29.2 Å². The zero-order valence-electron chi connectivity index (χ0n) is 13.3. The van der Waals surface area contributed by atoms with Crippen LogP contribution in [-0.2, 0) is 16.0 Å². The van der Waals surface area contributed by atoms with Gasteiger partial charge in [-0.2, -0.15) is 0 Å². The van der Waals surface area contributed by atoms with E-state index in [0.29, 0.717) is 11.4 Å². The highest BCUT2D eigenvalue weighted by Gasteiger charge is 2.24. The van der Waals surface area contributed by atoms with Crippen LogP contribution in [0.1, 0.15) is 16.7 Å². The van der Waals surface area contributed by atoms with Crippen LogP contribution in [-0.4, -0.2) is 32.1 Å². The summed E-state index contributed by atoms with van der Waals surface area (Å²) in [4.78, 5) is 14.6. The molecular weight excluding hydrogens is 322 g/mol. The van der Waals surface area contributed by atoms with Crippen molar-refractivity contribution in [3.05, 3.63) is 64.2 Å². The largest absolute Gasteiger partial charge is 0.378 e. The third-order valence-corrected chi connectivity index (χ3v) is 4.83. The minimum atomic E-state index is 0.157. The second-order valence-electron chi connectivity index (χ2n) is 6.15. The summed E-state index contributed by atoms with van der Waals surface area (Å²) >= 11 is 6.09. The normalized spacial score (nSPS) is 19.0. The van der Waals surface area contributed by atoms with Gasteiger partial charge in [-0.05, 0) is 47.0 Å². The first kappa shape index (κ1) is 15.4. The third-order valence-electron chi connectivity index (χ3n) is 4.59. The summed E-state index contributed by atoms with van der Waals surface area (Å²) in [5, 5.41) is 0.664. The van der Waals surface area contributed by atoms with E-state index < -0.39 is 0 Å². The van der Waals surface area contributed by atoms with Crippen LogP contribution in [0.2, 0.25) is 5.02 Å². The van der Waals surface area contributed by atoms with Gasteiger partial charge in [-0.25, -0.2) is 0 Å². The lowest BCUT2D eigenvalue weighted by Crippen LogP contribution is -2.36. The van der Waals surface area contributed by atoms with Crippen LogP contribution in [0.25, 0.3) is 11.6 Å². The third kappa shape index (κ3) is 2.97. The number of nitrogens with zero attached hydrogens (tertiary/aromatic N) is 1. The minimum Gasteiger partial charge on any atom is -0.378 e. The average molecular weight is 340 g/mol. The van der Waals surface area contributed by atoms with Gasteiger partial charge in [-0.1, -0.05) is 29.8 Å². The molecule has 1 fully saturated rings. The molecule has 0 bridgehead atoms. The summed E-state index contributed by atoms with van der Waals surface area (Å²) in [7, 11) is 0. The molecule has 0 amide bonds. The van der Waals surface area contributed by atoms with Crippen molar-refractivity contribution in [1.29, 1.82) is 0 Å². The van der Waals surface area contributed by atoms with Gasteiger partial charge in [0.1, 0.15) is 0 Å². The fraction of sp³-hybridized carbons (Fsp3) is 0.250. The van der Waals surface area contributed by atoms with Crippen LogP contribution >= 0.6 is 11.6 Å². The van der Waals surface area contributed by atoms with Crippen LogP contribution in [0.4, 0.5) is 5.69 Å². The lowest BCUT2D eigenvalue weighted by atomic mass is 10.0. The molecule has 122 valence electrons. The molecule has 1 aliphatic heterocycles. The van der Waals surface area contributed by atoms with Crippen LogP contribution < -0.4 is 4.90 Å². The molecule has 0 radical (unpaired) electrons. The Balaban J connectivity index is 1.62. The topological polar surface area (TPSA) is 29.5 Å². The van der Waals surface area contributed by atoms with Gasteiger partial charge < -0.3 is 9.64 Å². The van der Waals surface area contributed by atoms with E-state index in [1.54, 1.807) is 0 Å². The number of halogens is 1. The lowest BCUT2D eigenvalue weighted by Gasteiger charge is -2.28. The van der Waals surface area contributed by atoms with Gasteiger partial charge in [-0.3, -0.25) is 4.79 Å². The van der Waals surface area contributed by atoms with E-state index in [0.717, 1.165) is 48.6 Å². The zero-order chi connectivity index (χ0) is 16.5. The van der Waals surface area contributed by atoms with Crippen molar-refractivity contribution in [1.82, 2.24) is 0 Å². The van der Waals surface area contributed by atoms with Gasteiger partial charge in [0.15, 0.2) is 5.78 Å². The standard InChI is InChI=1S/C20H18ClNO2/c21-16-4-3-15-12-20(23)19(18(15)13-16)11-14-1-5-17(6-2-14)22-7-9-24-10-8-22/h1-6,11,13H,7-10,12H2/b19-11-. The van der Waals surface area contributed by atoms with Crippen molar-refractivity contribution >= 4 is 34.7 Å². The molecule has 3 nitrogen and oxygen atoms in total. The van der Waals surface area contributed by atoms with E-state index in [-0.39, 0.29) is 5.78 Å². The maximum absolute atomic E-state index is 12.3. The van der Waals surface area contributed by atoms with Crippen LogP contribution in [0.3, 0.4) is 0 Å². The molecule has 2 aliphatic rings. The molecule has 0 aromatic heterocycles. The first-order valence-electron chi connectivity index (χ1n) is 8.17. The minimum absolute atomic E-state index is 0.157. The maximum atomic E-state index is 12.3. The summed E-state index contributed by atoms with van der Waals surface area (Å²) in [6.45, 7) is 3.39. The highest BCUT2D eigenvalue weighted by molar-refractivity contribution is 6.33. The van der Waals surface area contributed by atoms with Gasteiger partial charge >= 0.3 is 0 Å². The second-order valence-corrected chi connectivity index (χ2v) is 6.59. The second kappa shape index (κ2) is 6.42. The molecule has 1 saturated heterocycles. The first-order chi connectivity index (χ1) is 11.7. The molecular formula is C20H18ClNO2. The fourth-order valence-corrected chi connectivity index (χ4v) is 3.47. The number of benzene rings is 2. The number of hydrogen-bond acceptors (Lipinski definition) is 3. The molecule has 1 aliphatic carbocycles. The molecule has 4 heteroatoms. The Morgan fingerprint density at radius 1 is 1.04 bits per heavy atom. The average Bonchev–Trinajstić information content (AvgIpc) is 2.92. The molecule has 0 spiro atoms. The Kier molecular flexibility index (Phi) is 4.13. The molecule has 2 aromatic carbocycles. The quantitative estimate of drug-likeness (QED) is 0.778. The molecule has 0 atom stereocenters. The zero-order valence-corrected chi connectivity index (χ0v) is 14.1. The first-order valence-corrected chi connectivity index (χ1v) is 8.55. The van der Waals surface area contributed by atoms with Crippen molar-refractivity contribution in [2.24, 2.45) is 0 Å². The Morgan fingerprint density at radius 3 is 2.54 bits per heavy atom. The van der Waals surface area contributed by atoms with Gasteiger partial charge in [0.2, 0.25) is 0 Å². The van der Waals surface area contributed by atoms with Crippen molar-refractivity contribution in [2.45, 2.75) is 6.42 Å². The Morgan fingerprint density at radius 2 is 1.79 bits per heavy atom. The number of ketones is 1. The summed E-state index contributed by atoms with van der Waals surface area (Å²) in [5.74, 6) is 0.157. The molecule has 0 saturated carbocycles. The highest BCUT2D eigenvalue weighted by Crippen LogP contribution is 2.33. The van der Waals surface area contributed by atoms with Crippen molar-refractivity contribution < 1.29 is 9.53 Å². The number of allylic oxidation sites excluding steroid dienone is 1. The number of fused-ring (bicyclic) bond motifs is 1. The molecule has 24 heavy (non-hydrogen) atoms. The Bertz CT molecular complexity index is 805. The fourth-order valence-electron chi connectivity index (χ4n) is 3.30. The smallest absolute Gasteiger partial charge is 0.167 e. The molecule has 0 unspecified atom stereocenters. The lowest BCUT2D eigenvalue weighted by molar-refractivity contribution is -0.112. The Labute approximate surface area is 146 Å². The van der Waals surface area contributed by atoms with Gasteiger partial charge in [0.05, 0.1) is 13.2 Å². The summed E-state index contributed by atoms with van der Waals surface area (Å²) in [6.07, 6.45) is 2.43. The number of carbonyl (C=O) groups excluding carboxylic acids is 1.